The van der Waals surface area contributed by atoms with Crippen molar-refractivity contribution in [2.24, 2.45) is 0 Å². The maximum Gasteiger partial charge on any atom is 0.265 e. The van der Waals surface area contributed by atoms with Gasteiger partial charge in [0, 0.05) is 17.3 Å². The van der Waals surface area contributed by atoms with E-state index >= 15 is 0 Å². The Morgan fingerprint density at radius 3 is 2.53 bits per heavy atom. The predicted octanol–water partition coefficient (Wildman–Crippen LogP) is 6.15. The Morgan fingerprint density at radius 1 is 1.03 bits per heavy atom. The van der Waals surface area contributed by atoms with E-state index in [1.54, 1.807) is 48.7 Å². The number of hydrogen-bond donors (Lipinski definition) is 2. The van der Waals surface area contributed by atoms with Gasteiger partial charge in [0.1, 0.15) is 10.6 Å². The lowest BCUT2D eigenvalue weighted by Gasteiger charge is -2.09. The van der Waals surface area contributed by atoms with E-state index in [-0.39, 0.29) is 28.2 Å². The standard InChI is InChI=1S/C26H19ClFN5O2S/c1-15-21-12-23(36-26(21)33(32-15)14-16-4-6-17(28)7-5-16)25(35)30-18-8-9-20(22(27)11-18)24(34)31-19-3-2-10-29-13-19/h2-13H,14H2,1H3,(H,30,35)(H,31,34). The molecular formula is C26H19ClFN5O2S. The Morgan fingerprint density at radius 2 is 1.81 bits per heavy atom. The maximum atomic E-state index is 13.2. The predicted molar refractivity (Wildman–Crippen MR) is 139 cm³/mol. The van der Waals surface area contributed by atoms with Gasteiger partial charge in [-0.1, -0.05) is 23.7 Å². The Hall–Kier alpha value is -4.08. The Labute approximate surface area is 214 Å². The zero-order valence-electron chi connectivity index (χ0n) is 19.0. The molecule has 0 aliphatic carbocycles. The van der Waals surface area contributed by atoms with Gasteiger partial charge in [-0.2, -0.15) is 5.10 Å². The van der Waals surface area contributed by atoms with Crippen molar-refractivity contribution in [3.63, 3.8) is 0 Å². The lowest BCUT2D eigenvalue weighted by atomic mass is 10.2. The number of carbonyl (C=O) groups is 2. The summed E-state index contributed by atoms with van der Waals surface area (Å²) in [5.41, 5.74) is 2.99. The van der Waals surface area contributed by atoms with Gasteiger partial charge >= 0.3 is 0 Å². The van der Waals surface area contributed by atoms with Crippen LogP contribution in [-0.4, -0.2) is 26.6 Å². The van der Waals surface area contributed by atoms with Crippen LogP contribution in [0.4, 0.5) is 15.8 Å². The van der Waals surface area contributed by atoms with Gasteiger partial charge in [0.05, 0.1) is 39.6 Å². The van der Waals surface area contributed by atoms with E-state index in [4.69, 9.17) is 11.6 Å². The van der Waals surface area contributed by atoms with E-state index in [0.29, 0.717) is 22.8 Å². The first-order valence-corrected chi connectivity index (χ1v) is 12.1. The lowest BCUT2D eigenvalue weighted by Crippen LogP contribution is -2.14. The summed E-state index contributed by atoms with van der Waals surface area (Å²) in [4.78, 5) is 30.8. The largest absolute Gasteiger partial charge is 0.321 e. The molecule has 0 spiro atoms. The van der Waals surface area contributed by atoms with Gasteiger partial charge in [-0.25, -0.2) is 4.39 Å². The van der Waals surface area contributed by atoms with Crippen LogP contribution in [0.5, 0.6) is 0 Å². The van der Waals surface area contributed by atoms with Crippen LogP contribution in [0.25, 0.3) is 10.2 Å². The molecule has 7 nitrogen and oxygen atoms in total. The summed E-state index contributed by atoms with van der Waals surface area (Å²) in [6.07, 6.45) is 3.14. The molecule has 0 saturated carbocycles. The third-order valence-corrected chi connectivity index (χ3v) is 6.93. The van der Waals surface area contributed by atoms with Crippen LogP contribution in [-0.2, 0) is 6.54 Å². The van der Waals surface area contributed by atoms with Gasteiger partial charge in [-0.05, 0) is 61.0 Å². The Kier molecular flexibility index (Phi) is 6.49. The van der Waals surface area contributed by atoms with E-state index in [1.807, 2.05) is 11.6 Å². The topological polar surface area (TPSA) is 88.9 Å². The number of aryl methyl sites for hydroxylation is 1. The number of amides is 2. The molecule has 0 aliphatic heterocycles. The summed E-state index contributed by atoms with van der Waals surface area (Å²) in [7, 11) is 0. The van der Waals surface area contributed by atoms with Crippen LogP contribution in [0.3, 0.4) is 0 Å². The van der Waals surface area contributed by atoms with Crippen molar-refractivity contribution in [1.82, 2.24) is 14.8 Å². The number of halogens is 2. The summed E-state index contributed by atoms with van der Waals surface area (Å²) in [6.45, 7) is 2.34. The molecule has 3 heterocycles. The molecule has 3 aromatic heterocycles. The molecular weight excluding hydrogens is 501 g/mol. The van der Waals surface area contributed by atoms with Crippen molar-refractivity contribution < 1.29 is 14.0 Å². The average Bonchev–Trinajstić information content (AvgIpc) is 3.42. The second-order valence-electron chi connectivity index (χ2n) is 8.04. The molecule has 0 unspecified atom stereocenters. The number of carbonyl (C=O) groups excluding carboxylic acids is 2. The molecule has 180 valence electrons. The molecule has 0 bridgehead atoms. The van der Waals surface area contributed by atoms with Crippen molar-refractivity contribution in [2.75, 3.05) is 10.6 Å². The second kappa shape index (κ2) is 9.88. The minimum atomic E-state index is -0.378. The molecule has 0 atom stereocenters. The first-order valence-electron chi connectivity index (χ1n) is 10.9. The van der Waals surface area contributed by atoms with Crippen LogP contribution in [0, 0.1) is 12.7 Å². The molecule has 5 rings (SSSR count). The number of fused-ring (bicyclic) bond motifs is 1. The molecule has 36 heavy (non-hydrogen) atoms. The maximum absolute atomic E-state index is 13.2. The van der Waals surface area contributed by atoms with Crippen molar-refractivity contribution in [3.05, 3.63) is 106 Å². The van der Waals surface area contributed by atoms with Gasteiger partial charge in [-0.3, -0.25) is 19.3 Å². The fourth-order valence-electron chi connectivity index (χ4n) is 3.70. The lowest BCUT2D eigenvalue weighted by molar-refractivity contribution is 0.102. The minimum absolute atomic E-state index is 0.205. The molecule has 5 aromatic rings. The number of nitrogens with one attached hydrogen (secondary N) is 2. The molecule has 0 aliphatic rings. The van der Waals surface area contributed by atoms with Crippen LogP contribution in [0.2, 0.25) is 5.02 Å². The summed E-state index contributed by atoms with van der Waals surface area (Å²) < 4.78 is 15.0. The van der Waals surface area contributed by atoms with E-state index in [0.717, 1.165) is 21.5 Å². The van der Waals surface area contributed by atoms with Crippen LogP contribution in [0.15, 0.2) is 73.1 Å². The van der Waals surface area contributed by atoms with Gasteiger partial charge in [0.2, 0.25) is 0 Å². The fraction of sp³-hybridized carbons (Fsp3) is 0.0769. The molecule has 2 aromatic carbocycles. The van der Waals surface area contributed by atoms with Gasteiger partial charge in [0.15, 0.2) is 0 Å². The van der Waals surface area contributed by atoms with E-state index in [9.17, 15) is 14.0 Å². The zero-order chi connectivity index (χ0) is 25.2. The Bertz CT molecular complexity index is 1580. The highest BCUT2D eigenvalue weighted by molar-refractivity contribution is 7.20. The van der Waals surface area contributed by atoms with Crippen LogP contribution < -0.4 is 10.6 Å². The van der Waals surface area contributed by atoms with E-state index < -0.39 is 0 Å². The zero-order valence-corrected chi connectivity index (χ0v) is 20.5. The second-order valence-corrected chi connectivity index (χ2v) is 9.48. The number of rotatable bonds is 6. The van der Waals surface area contributed by atoms with Crippen molar-refractivity contribution in [1.29, 1.82) is 0 Å². The summed E-state index contributed by atoms with van der Waals surface area (Å²) in [5, 5.41) is 11.2. The number of thiophene rings is 1. The third kappa shape index (κ3) is 4.98. The summed E-state index contributed by atoms with van der Waals surface area (Å²) in [6, 6.07) is 16.2. The molecule has 0 fully saturated rings. The molecule has 2 amide bonds. The number of anilines is 2. The van der Waals surface area contributed by atoms with Crippen LogP contribution >= 0.6 is 22.9 Å². The van der Waals surface area contributed by atoms with Gasteiger partial charge in [-0.15, -0.1) is 11.3 Å². The highest BCUT2D eigenvalue weighted by atomic mass is 35.5. The smallest absolute Gasteiger partial charge is 0.265 e. The Balaban J connectivity index is 1.32. The van der Waals surface area contributed by atoms with E-state index in [1.165, 1.54) is 35.7 Å². The number of hydrogen-bond acceptors (Lipinski definition) is 5. The fourth-order valence-corrected chi connectivity index (χ4v) is 5.02. The number of benzene rings is 2. The average molecular weight is 520 g/mol. The summed E-state index contributed by atoms with van der Waals surface area (Å²) >= 11 is 7.65. The number of aromatic nitrogens is 3. The highest BCUT2D eigenvalue weighted by Gasteiger charge is 2.18. The van der Waals surface area contributed by atoms with Crippen LogP contribution in [0.1, 0.15) is 31.3 Å². The van der Waals surface area contributed by atoms with Gasteiger partial charge < -0.3 is 10.6 Å². The molecule has 10 heteroatoms. The molecule has 2 N–H and O–H groups in total. The monoisotopic (exact) mass is 519 g/mol. The normalized spacial score (nSPS) is 11.0. The van der Waals surface area contributed by atoms with Crippen molar-refractivity contribution in [3.8, 4) is 0 Å². The first-order chi connectivity index (χ1) is 17.4. The number of nitrogens with zero attached hydrogens (tertiary/aromatic N) is 3. The molecule has 0 radical (unpaired) electrons. The number of pyridine rings is 1. The SMILES string of the molecule is Cc1nn(Cc2ccc(F)cc2)c2sc(C(=O)Nc3ccc(C(=O)Nc4cccnc4)c(Cl)c3)cc12. The molecule has 0 saturated heterocycles. The van der Waals surface area contributed by atoms with E-state index in [2.05, 4.69) is 20.7 Å². The highest BCUT2D eigenvalue weighted by Crippen LogP contribution is 2.30. The summed E-state index contributed by atoms with van der Waals surface area (Å²) in [5.74, 6) is -0.970. The quantitative estimate of drug-likeness (QED) is 0.282. The van der Waals surface area contributed by atoms with Crippen molar-refractivity contribution >= 4 is 56.3 Å². The van der Waals surface area contributed by atoms with Crippen molar-refractivity contribution in [2.45, 2.75) is 13.5 Å². The van der Waals surface area contributed by atoms with Gasteiger partial charge in [0.25, 0.3) is 11.8 Å². The first kappa shape index (κ1) is 23.7. The third-order valence-electron chi connectivity index (χ3n) is 5.47. The minimum Gasteiger partial charge on any atom is -0.321 e.